The summed E-state index contributed by atoms with van der Waals surface area (Å²) in [5, 5.41) is 12.4. The van der Waals surface area contributed by atoms with Crippen LogP contribution in [0.5, 0.6) is 5.75 Å². The van der Waals surface area contributed by atoms with Crippen LogP contribution in [0.2, 0.25) is 0 Å². The first kappa shape index (κ1) is 16.7. The van der Waals surface area contributed by atoms with E-state index in [-0.39, 0.29) is 18.7 Å². The molecule has 3 amide bonds. The Bertz CT molecular complexity index is 642. The predicted molar refractivity (Wildman–Crippen MR) is 87.4 cm³/mol. The minimum Gasteiger partial charge on any atom is -0.497 e. The molecule has 0 saturated carbocycles. The van der Waals surface area contributed by atoms with Crippen LogP contribution in [0, 0.1) is 0 Å². The Morgan fingerprint density at radius 2 is 2.04 bits per heavy atom. The van der Waals surface area contributed by atoms with Crippen LogP contribution < -0.4 is 10.1 Å². The number of nitrogens with zero attached hydrogens (tertiary/aromatic N) is 2. The molecule has 2 aliphatic heterocycles. The van der Waals surface area contributed by atoms with E-state index in [9.17, 15) is 14.7 Å². The van der Waals surface area contributed by atoms with Crippen molar-refractivity contribution in [2.24, 2.45) is 0 Å². The van der Waals surface area contributed by atoms with Crippen molar-refractivity contribution < 1.29 is 19.4 Å². The number of amides is 3. The first-order valence-corrected chi connectivity index (χ1v) is 8.13. The quantitative estimate of drug-likeness (QED) is 0.799. The van der Waals surface area contributed by atoms with Crippen molar-refractivity contribution in [3.05, 3.63) is 29.8 Å². The van der Waals surface area contributed by atoms with Gasteiger partial charge in [-0.2, -0.15) is 0 Å². The lowest BCUT2D eigenvalue weighted by Gasteiger charge is -2.32. The molecule has 2 N–H and O–H groups in total. The molecule has 1 aromatic rings. The number of urea groups is 1. The van der Waals surface area contributed by atoms with Gasteiger partial charge >= 0.3 is 6.03 Å². The highest BCUT2D eigenvalue weighted by molar-refractivity contribution is 6.07. The van der Waals surface area contributed by atoms with Crippen LogP contribution in [-0.4, -0.2) is 59.8 Å². The van der Waals surface area contributed by atoms with Gasteiger partial charge in [-0.15, -0.1) is 0 Å². The highest BCUT2D eigenvalue weighted by Gasteiger charge is 2.49. The largest absolute Gasteiger partial charge is 0.497 e. The first-order chi connectivity index (χ1) is 11.4. The molecule has 2 saturated heterocycles. The Hall–Kier alpha value is -2.12. The summed E-state index contributed by atoms with van der Waals surface area (Å²) >= 11 is 0. The van der Waals surface area contributed by atoms with E-state index in [4.69, 9.17) is 4.74 Å². The zero-order valence-electron chi connectivity index (χ0n) is 14.0. The highest BCUT2D eigenvalue weighted by atomic mass is 16.5. The number of methoxy groups -OCH3 is 1. The van der Waals surface area contributed by atoms with E-state index in [1.807, 2.05) is 4.90 Å². The molecule has 24 heavy (non-hydrogen) atoms. The van der Waals surface area contributed by atoms with E-state index >= 15 is 0 Å². The zero-order chi connectivity index (χ0) is 17.3. The molecule has 7 nitrogen and oxygen atoms in total. The molecule has 0 unspecified atom stereocenters. The zero-order valence-corrected chi connectivity index (χ0v) is 14.0. The smallest absolute Gasteiger partial charge is 0.326 e. The second kappa shape index (κ2) is 6.41. The average Bonchev–Trinajstić information content (AvgIpc) is 2.81. The van der Waals surface area contributed by atoms with Gasteiger partial charge in [-0.1, -0.05) is 12.1 Å². The molecular weight excluding hydrogens is 310 g/mol. The van der Waals surface area contributed by atoms with Crippen LogP contribution in [0.3, 0.4) is 0 Å². The van der Waals surface area contributed by atoms with Gasteiger partial charge in [0.15, 0.2) is 0 Å². The number of hydrogen-bond acceptors (Lipinski definition) is 5. The molecular formula is C17H23N3O4. The summed E-state index contributed by atoms with van der Waals surface area (Å²) < 4.78 is 5.21. The third-order valence-electron chi connectivity index (χ3n) is 4.82. The third kappa shape index (κ3) is 2.97. The lowest BCUT2D eigenvalue weighted by Crippen LogP contribution is -2.46. The minimum atomic E-state index is -1.10. The molecule has 2 fully saturated rings. The fourth-order valence-corrected chi connectivity index (χ4v) is 3.22. The van der Waals surface area contributed by atoms with Crippen LogP contribution in [0.4, 0.5) is 4.79 Å². The van der Waals surface area contributed by atoms with Crippen LogP contribution in [-0.2, 0) is 10.3 Å². The second-order valence-corrected chi connectivity index (χ2v) is 6.51. The molecule has 0 aliphatic carbocycles. The van der Waals surface area contributed by atoms with Crippen molar-refractivity contribution in [1.82, 2.24) is 15.1 Å². The number of rotatable bonds is 4. The van der Waals surface area contributed by atoms with Gasteiger partial charge in [0.05, 0.1) is 19.9 Å². The summed E-state index contributed by atoms with van der Waals surface area (Å²) in [5.41, 5.74) is -0.405. The van der Waals surface area contributed by atoms with Gasteiger partial charge in [0.2, 0.25) is 0 Å². The number of aliphatic hydroxyl groups is 1. The fraction of sp³-hybridized carbons (Fsp3) is 0.529. The Morgan fingerprint density at radius 3 is 2.71 bits per heavy atom. The molecule has 3 rings (SSSR count). The van der Waals surface area contributed by atoms with E-state index < -0.39 is 11.6 Å². The summed E-state index contributed by atoms with van der Waals surface area (Å²) in [7, 11) is 1.56. The summed E-state index contributed by atoms with van der Waals surface area (Å²) in [6.07, 6.45) is 1.04. The Labute approximate surface area is 141 Å². The standard InChI is InChI=1S/C17H23N3O4/c1-17(12-4-3-5-14(10-12)24-2)15(22)20(16(23)18-17)11-19-8-6-13(21)7-9-19/h3-5,10,13,21H,6-9,11H2,1-2H3,(H,18,23)/t17-/m0/s1. The van der Waals surface area contributed by atoms with Crippen LogP contribution in [0.1, 0.15) is 25.3 Å². The SMILES string of the molecule is COc1cccc([C@]2(C)NC(=O)N(CN3CCC(O)CC3)C2=O)c1. The number of likely N-dealkylation sites (tertiary alicyclic amines) is 1. The number of carbonyl (C=O) groups excluding carboxylic acids is 2. The lowest BCUT2D eigenvalue weighted by molar-refractivity contribution is -0.132. The van der Waals surface area contributed by atoms with Gasteiger partial charge in [-0.3, -0.25) is 9.69 Å². The van der Waals surface area contributed by atoms with Gasteiger partial charge in [0, 0.05) is 13.1 Å². The number of ether oxygens (including phenoxy) is 1. The molecule has 0 aromatic heterocycles. The molecule has 0 radical (unpaired) electrons. The number of imide groups is 1. The van der Waals surface area contributed by atoms with E-state index in [0.29, 0.717) is 37.2 Å². The van der Waals surface area contributed by atoms with Crippen LogP contribution >= 0.6 is 0 Å². The summed E-state index contributed by atoms with van der Waals surface area (Å²) in [4.78, 5) is 28.5. The number of hydrogen-bond donors (Lipinski definition) is 2. The Kier molecular flexibility index (Phi) is 4.47. The second-order valence-electron chi connectivity index (χ2n) is 6.51. The van der Waals surface area contributed by atoms with Crippen molar-refractivity contribution in [3.8, 4) is 5.75 Å². The van der Waals surface area contributed by atoms with Crippen molar-refractivity contribution >= 4 is 11.9 Å². The maximum absolute atomic E-state index is 12.9. The van der Waals surface area contributed by atoms with Crippen LogP contribution in [0.15, 0.2) is 24.3 Å². The topological polar surface area (TPSA) is 82.1 Å². The molecule has 1 aromatic carbocycles. The van der Waals surface area contributed by atoms with Gasteiger partial charge in [-0.25, -0.2) is 9.69 Å². The Balaban J connectivity index is 1.77. The molecule has 2 aliphatic rings. The number of carbonyl (C=O) groups is 2. The number of benzene rings is 1. The van der Waals surface area contributed by atoms with Gasteiger partial charge in [0.25, 0.3) is 5.91 Å². The van der Waals surface area contributed by atoms with Crippen molar-refractivity contribution in [2.45, 2.75) is 31.4 Å². The molecule has 130 valence electrons. The number of nitrogens with one attached hydrogen (secondary N) is 1. The molecule has 2 heterocycles. The summed E-state index contributed by atoms with van der Waals surface area (Å²) in [6.45, 7) is 3.31. The van der Waals surface area contributed by atoms with Gasteiger partial charge in [-0.05, 0) is 37.5 Å². The van der Waals surface area contributed by atoms with Crippen molar-refractivity contribution in [3.63, 3.8) is 0 Å². The van der Waals surface area contributed by atoms with E-state index in [1.165, 1.54) is 4.90 Å². The molecule has 1 atom stereocenters. The lowest BCUT2D eigenvalue weighted by atomic mass is 9.92. The van der Waals surface area contributed by atoms with E-state index in [2.05, 4.69) is 5.32 Å². The van der Waals surface area contributed by atoms with E-state index in [1.54, 1.807) is 38.3 Å². The highest BCUT2D eigenvalue weighted by Crippen LogP contribution is 2.31. The molecule has 0 bridgehead atoms. The third-order valence-corrected chi connectivity index (χ3v) is 4.82. The van der Waals surface area contributed by atoms with Crippen molar-refractivity contribution in [2.75, 3.05) is 26.9 Å². The van der Waals surface area contributed by atoms with Crippen molar-refractivity contribution in [1.29, 1.82) is 0 Å². The maximum Gasteiger partial charge on any atom is 0.326 e. The number of aliphatic hydroxyl groups excluding tert-OH is 1. The number of piperidine rings is 1. The monoisotopic (exact) mass is 333 g/mol. The van der Waals surface area contributed by atoms with Crippen LogP contribution in [0.25, 0.3) is 0 Å². The molecule has 7 heteroatoms. The van der Waals surface area contributed by atoms with Gasteiger partial charge in [0.1, 0.15) is 11.3 Å². The summed E-state index contributed by atoms with van der Waals surface area (Å²) in [5.74, 6) is 0.367. The fourth-order valence-electron chi connectivity index (χ4n) is 3.22. The predicted octanol–water partition coefficient (Wildman–Crippen LogP) is 0.876. The molecule has 0 spiro atoms. The van der Waals surface area contributed by atoms with E-state index in [0.717, 1.165) is 0 Å². The summed E-state index contributed by atoms with van der Waals surface area (Å²) in [6, 6.07) is 6.77. The first-order valence-electron chi connectivity index (χ1n) is 8.13. The minimum absolute atomic E-state index is 0.247. The average molecular weight is 333 g/mol. The normalized spacial score (nSPS) is 25.9. The Morgan fingerprint density at radius 1 is 1.33 bits per heavy atom. The maximum atomic E-state index is 12.9. The van der Waals surface area contributed by atoms with Gasteiger partial charge < -0.3 is 15.2 Å².